The van der Waals surface area contributed by atoms with Crippen LogP contribution in [0.5, 0.6) is 0 Å². The lowest BCUT2D eigenvalue weighted by Gasteiger charge is -2.19. The standard InChI is InChI=1S/C17H20N2O3/c20-11-5-8-14(12-13-6-2-1-3-7-13)18-16-10-4-9-15(19-16)17(21)22/h1-4,6-7,9-10,14,20H,5,8,11-12H2,(H,18,19)(H,21,22). The quantitative estimate of drug-likeness (QED) is 0.698. The van der Waals surface area contributed by atoms with Gasteiger partial charge in [0.25, 0.3) is 0 Å². The Bertz CT molecular complexity index is 602. The average Bonchev–Trinajstić information content (AvgIpc) is 2.54. The van der Waals surface area contributed by atoms with Gasteiger partial charge in [0.05, 0.1) is 0 Å². The molecule has 1 heterocycles. The summed E-state index contributed by atoms with van der Waals surface area (Å²) in [6.07, 6.45) is 2.26. The molecule has 0 saturated carbocycles. The van der Waals surface area contributed by atoms with E-state index >= 15 is 0 Å². The van der Waals surface area contributed by atoms with Gasteiger partial charge in [0.15, 0.2) is 5.69 Å². The van der Waals surface area contributed by atoms with Crippen LogP contribution >= 0.6 is 0 Å². The Kier molecular flexibility index (Phi) is 5.91. The zero-order valence-corrected chi connectivity index (χ0v) is 12.3. The van der Waals surface area contributed by atoms with Gasteiger partial charge >= 0.3 is 5.97 Å². The van der Waals surface area contributed by atoms with Crippen LogP contribution in [-0.4, -0.2) is 33.8 Å². The number of rotatable bonds is 8. The van der Waals surface area contributed by atoms with E-state index in [0.717, 1.165) is 12.8 Å². The molecule has 3 N–H and O–H groups in total. The summed E-state index contributed by atoms with van der Waals surface area (Å²) in [5, 5.41) is 21.3. The molecule has 116 valence electrons. The van der Waals surface area contributed by atoms with Crippen molar-refractivity contribution >= 4 is 11.8 Å². The fourth-order valence-electron chi connectivity index (χ4n) is 2.30. The monoisotopic (exact) mass is 300 g/mol. The van der Waals surface area contributed by atoms with E-state index in [1.165, 1.54) is 11.6 Å². The van der Waals surface area contributed by atoms with E-state index in [9.17, 15) is 4.79 Å². The molecule has 0 saturated heterocycles. The van der Waals surface area contributed by atoms with Gasteiger partial charge in [0.1, 0.15) is 5.82 Å². The highest BCUT2D eigenvalue weighted by Gasteiger charge is 2.12. The number of aliphatic hydroxyl groups is 1. The topological polar surface area (TPSA) is 82.5 Å². The fourth-order valence-corrected chi connectivity index (χ4v) is 2.30. The summed E-state index contributed by atoms with van der Waals surface area (Å²) in [6, 6.07) is 15.0. The summed E-state index contributed by atoms with van der Waals surface area (Å²) in [5.74, 6) is -0.502. The molecule has 2 rings (SSSR count). The van der Waals surface area contributed by atoms with Crippen molar-refractivity contribution in [3.8, 4) is 0 Å². The first-order valence-corrected chi connectivity index (χ1v) is 7.30. The molecule has 1 atom stereocenters. The smallest absolute Gasteiger partial charge is 0.354 e. The Morgan fingerprint density at radius 1 is 1.14 bits per heavy atom. The summed E-state index contributed by atoms with van der Waals surface area (Å²) in [4.78, 5) is 15.1. The maximum absolute atomic E-state index is 11.0. The van der Waals surface area contributed by atoms with Crippen LogP contribution in [0.2, 0.25) is 0 Å². The Labute approximate surface area is 129 Å². The lowest BCUT2D eigenvalue weighted by atomic mass is 10.0. The molecular weight excluding hydrogens is 280 g/mol. The molecule has 0 aliphatic carbocycles. The molecule has 0 radical (unpaired) electrons. The van der Waals surface area contributed by atoms with Crippen LogP contribution in [0.1, 0.15) is 28.9 Å². The van der Waals surface area contributed by atoms with Crippen molar-refractivity contribution in [2.24, 2.45) is 0 Å². The predicted octanol–water partition coefficient (Wildman–Crippen LogP) is 2.58. The molecule has 22 heavy (non-hydrogen) atoms. The minimum Gasteiger partial charge on any atom is -0.477 e. The first-order valence-electron chi connectivity index (χ1n) is 7.30. The van der Waals surface area contributed by atoms with Crippen LogP contribution in [0.15, 0.2) is 48.5 Å². The Morgan fingerprint density at radius 3 is 2.59 bits per heavy atom. The van der Waals surface area contributed by atoms with Gasteiger partial charge in [-0.15, -0.1) is 0 Å². The van der Waals surface area contributed by atoms with Crippen LogP contribution in [0.4, 0.5) is 5.82 Å². The molecule has 0 bridgehead atoms. The summed E-state index contributed by atoms with van der Waals surface area (Å²) < 4.78 is 0. The number of aliphatic hydroxyl groups excluding tert-OH is 1. The van der Waals surface area contributed by atoms with Crippen molar-refractivity contribution in [3.05, 3.63) is 59.8 Å². The highest BCUT2D eigenvalue weighted by atomic mass is 16.4. The van der Waals surface area contributed by atoms with E-state index in [0.29, 0.717) is 12.2 Å². The van der Waals surface area contributed by atoms with Crippen molar-refractivity contribution in [3.63, 3.8) is 0 Å². The highest BCUT2D eigenvalue weighted by Crippen LogP contribution is 2.14. The summed E-state index contributed by atoms with van der Waals surface area (Å²) in [6.45, 7) is 0.134. The maximum atomic E-state index is 11.0. The van der Waals surface area contributed by atoms with E-state index in [1.807, 2.05) is 18.2 Å². The number of carbonyl (C=O) groups is 1. The number of hydrogen-bond acceptors (Lipinski definition) is 4. The molecule has 1 aromatic carbocycles. The van der Waals surface area contributed by atoms with Crippen LogP contribution < -0.4 is 5.32 Å². The van der Waals surface area contributed by atoms with Crippen molar-refractivity contribution in [1.29, 1.82) is 0 Å². The number of pyridine rings is 1. The number of anilines is 1. The van der Waals surface area contributed by atoms with E-state index in [1.54, 1.807) is 12.1 Å². The summed E-state index contributed by atoms with van der Waals surface area (Å²) in [7, 11) is 0. The van der Waals surface area contributed by atoms with E-state index in [4.69, 9.17) is 10.2 Å². The van der Waals surface area contributed by atoms with Gasteiger partial charge in [-0.2, -0.15) is 0 Å². The normalized spacial score (nSPS) is 11.9. The molecular formula is C17H20N2O3. The first-order chi connectivity index (χ1) is 10.7. The third-order valence-electron chi connectivity index (χ3n) is 3.36. The molecule has 0 fully saturated rings. The van der Waals surface area contributed by atoms with E-state index in [2.05, 4.69) is 22.4 Å². The molecule has 0 spiro atoms. The minimum atomic E-state index is -1.04. The van der Waals surface area contributed by atoms with Crippen LogP contribution in [-0.2, 0) is 6.42 Å². The molecule has 0 aliphatic rings. The number of carboxylic acids is 1. The Morgan fingerprint density at radius 2 is 1.91 bits per heavy atom. The molecule has 5 nitrogen and oxygen atoms in total. The van der Waals surface area contributed by atoms with Crippen molar-refractivity contribution in [2.75, 3.05) is 11.9 Å². The third-order valence-corrected chi connectivity index (χ3v) is 3.36. The summed E-state index contributed by atoms with van der Waals surface area (Å²) >= 11 is 0. The second kappa shape index (κ2) is 8.14. The van der Waals surface area contributed by atoms with Crippen molar-refractivity contribution in [2.45, 2.75) is 25.3 Å². The van der Waals surface area contributed by atoms with E-state index in [-0.39, 0.29) is 18.3 Å². The zero-order valence-electron chi connectivity index (χ0n) is 12.3. The summed E-state index contributed by atoms with van der Waals surface area (Å²) in [5.41, 5.74) is 1.21. The van der Waals surface area contributed by atoms with Crippen molar-refractivity contribution in [1.82, 2.24) is 4.98 Å². The average molecular weight is 300 g/mol. The molecule has 1 unspecified atom stereocenters. The Balaban J connectivity index is 2.08. The number of aromatic nitrogens is 1. The predicted molar refractivity (Wildman–Crippen MR) is 85.1 cm³/mol. The fraction of sp³-hybridized carbons (Fsp3) is 0.294. The maximum Gasteiger partial charge on any atom is 0.354 e. The second-order valence-electron chi connectivity index (χ2n) is 5.11. The lowest BCUT2D eigenvalue weighted by molar-refractivity contribution is 0.0690. The van der Waals surface area contributed by atoms with Gasteiger partial charge in [-0.25, -0.2) is 9.78 Å². The van der Waals surface area contributed by atoms with Crippen LogP contribution in [0, 0.1) is 0 Å². The number of aromatic carboxylic acids is 1. The Hall–Kier alpha value is -2.40. The number of hydrogen-bond donors (Lipinski definition) is 3. The molecule has 0 amide bonds. The largest absolute Gasteiger partial charge is 0.477 e. The van der Waals surface area contributed by atoms with E-state index < -0.39 is 5.97 Å². The van der Waals surface area contributed by atoms with Gasteiger partial charge < -0.3 is 15.5 Å². The number of carboxylic acid groups (broad SMARTS) is 1. The number of nitrogens with zero attached hydrogens (tertiary/aromatic N) is 1. The molecule has 5 heteroatoms. The SMILES string of the molecule is O=C(O)c1cccc(NC(CCCO)Cc2ccccc2)n1. The van der Waals surface area contributed by atoms with Gasteiger partial charge in [-0.05, 0) is 37.0 Å². The zero-order chi connectivity index (χ0) is 15.8. The third kappa shape index (κ3) is 4.86. The van der Waals surface area contributed by atoms with Crippen LogP contribution in [0.3, 0.4) is 0 Å². The van der Waals surface area contributed by atoms with Crippen LogP contribution in [0.25, 0.3) is 0 Å². The van der Waals surface area contributed by atoms with Gasteiger partial charge in [0.2, 0.25) is 0 Å². The minimum absolute atomic E-state index is 0.0191. The van der Waals surface area contributed by atoms with Gasteiger partial charge in [0, 0.05) is 12.6 Å². The van der Waals surface area contributed by atoms with Crippen molar-refractivity contribution < 1.29 is 15.0 Å². The molecule has 2 aromatic rings. The molecule has 0 aliphatic heterocycles. The van der Waals surface area contributed by atoms with Gasteiger partial charge in [-0.1, -0.05) is 36.4 Å². The highest BCUT2D eigenvalue weighted by molar-refractivity contribution is 5.85. The van der Waals surface area contributed by atoms with Gasteiger partial charge in [-0.3, -0.25) is 0 Å². The molecule has 1 aromatic heterocycles. The number of benzene rings is 1. The second-order valence-corrected chi connectivity index (χ2v) is 5.11. The number of nitrogens with one attached hydrogen (secondary N) is 1. The lowest BCUT2D eigenvalue weighted by Crippen LogP contribution is -2.23. The first kappa shape index (κ1) is 16.0.